The number of nitrogens with zero attached hydrogens (tertiary/aromatic N) is 1. The van der Waals surface area contributed by atoms with Crippen LogP contribution in [0.2, 0.25) is 5.02 Å². The first kappa shape index (κ1) is 17.2. The maximum Gasteiger partial charge on any atom is 0.387 e. The molecule has 0 bridgehead atoms. The van der Waals surface area contributed by atoms with Gasteiger partial charge in [-0.3, -0.25) is 4.79 Å². The number of carbonyl (C=O) groups excluding carboxylic acids is 1. The van der Waals surface area contributed by atoms with Crippen LogP contribution in [-0.2, 0) is 13.8 Å². The molecule has 0 saturated carbocycles. The molecule has 0 aromatic heterocycles. The molecular weight excluding hydrogens is 363 g/mol. The van der Waals surface area contributed by atoms with E-state index in [1.807, 2.05) is 0 Å². The second kappa shape index (κ2) is 6.55. The van der Waals surface area contributed by atoms with Crippen LogP contribution in [-0.4, -0.2) is 33.2 Å². The summed E-state index contributed by atoms with van der Waals surface area (Å²) < 4.78 is 51.4. The minimum Gasteiger partial charge on any atom is -0.433 e. The zero-order chi connectivity index (χ0) is 16.5. The number of anilines is 1. The molecule has 1 atom stereocenters. The summed E-state index contributed by atoms with van der Waals surface area (Å²) in [6.07, 6.45) is -0.0490. The van der Waals surface area contributed by atoms with Crippen LogP contribution < -0.4 is 9.64 Å². The monoisotopic (exact) mass is 373 g/mol. The van der Waals surface area contributed by atoms with Crippen LogP contribution >= 0.6 is 22.3 Å². The van der Waals surface area contributed by atoms with E-state index in [0.717, 1.165) is 0 Å². The van der Waals surface area contributed by atoms with Crippen LogP contribution in [0.5, 0.6) is 5.75 Å². The first-order valence-corrected chi connectivity index (χ1v) is 8.98. The van der Waals surface area contributed by atoms with Crippen molar-refractivity contribution < 1.29 is 26.7 Å². The van der Waals surface area contributed by atoms with Gasteiger partial charge in [0.25, 0.3) is 0 Å². The van der Waals surface area contributed by atoms with E-state index in [4.69, 9.17) is 22.3 Å². The van der Waals surface area contributed by atoms with Crippen molar-refractivity contribution in [3.63, 3.8) is 0 Å². The molecule has 1 heterocycles. The maximum absolute atomic E-state index is 12.4. The minimum absolute atomic E-state index is 0.0325. The fourth-order valence-corrected chi connectivity index (χ4v) is 3.79. The minimum atomic E-state index is -3.76. The molecule has 1 amide bonds. The van der Waals surface area contributed by atoms with Gasteiger partial charge in [-0.25, -0.2) is 8.42 Å². The van der Waals surface area contributed by atoms with E-state index in [2.05, 4.69) is 4.74 Å². The highest BCUT2D eigenvalue weighted by Gasteiger charge is 2.34. The van der Waals surface area contributed by atoms with Crippen molar-refractivity contribution in [2.75, 3.05) is 17.2 Å². The van der Waals surface area contributed by atoms with Crippen molar-refractivity contribution in [3.05, 3.63) is 23.2 Å². The zero-order valence-corrected chi connectivity index (χ0v) is 13.3. The highest BCUT2D eigenvalue weighted by atomic mass is 35.7. The predicted molar refractivity (Wildman–Crippen MR) is 78.2 cm³/mol. The first-order chi connectivity index (χ1) is 10.2. The average Bonchev–Trinajstić information content (AvgIpc) is 2.69. The summed E-state index contributed by atoms with van der Waals surface area (Å²) in [5.74, 6) is -1.51. The van der Waals surface area contributed by atoms with Gasteiger partial charge in [0.05, 0.1) is 11.4 Å². The summed E-state index contributed by atoms with van der Waals surface area (Å²) in [6.45, 7) is -3.03. The number of rotatable bonds is 5. The number of halogens is 4. The third kappa shape index (κ3) is 4.44. The van der Waals surface area contributed by atoms with Crippen molar-refractivity contribution in [2.45, 2.75) is 13.0 Å². The summed E-state index contributed by atoms with van der Waals surface area (Å²) in [4.78, 5) is 13.2. The Bertz CT molecular complexity index is 684. The van der Waals surface area contributed by atoms with E-state index < -0.39 is 27.5 Å². The molecule has 1 aromatic carbocycles. The number of alkyl halides is 2. The summed E-state index contributed by atoms with van der Waals surface area (Å²) in [5.41, 5.74) is 0.0762. The van der Waals surface area contributed by atoms with E-state index in [9.17, 15) is 22.0 Å². The van der Waals surface area contributed by atoms with Gasteiger partial charge in [0, 0.05) is 34.6 Å². The molecule has 0 spiro atoms. The lowest BCUT2D eigenvalue weighted by Gasteiger charge is -2.20. The molecule has 122 valence electrons. The lowest BCUT2D eigenvalue weighted by Crippen LogP contribution is -2.26. The standard InChI is InChI=1S/C12H11Cl2F2NO4S/c13-8-1-2-10(21-12(15)16)9(4-8)17-5-7(3-11(17)18)6-22(14,19)20/h1-2,4,7,12H,3,5-6H2. The third-order valence-electron chi connectivity index (χ3n) is 3.07. The summed E-state index contributed by atoms with van der Waals surface area (Å²) in [6, 6.07) is 3.89. The van der Waals surface area contributed by atoms with Crippen LogP contribution in [0.15, 0.2) is 18.2 Å². The molecule has 1 aliphatic heterocycles. The van der Waals surface area contributed by atoms with Gasteiger partial charge in [-0.15, -0.1) is 0 Å². The van der Waals surface area contributed by atoms with Crippen LogP contribution in [0.4, 0.5) is 14.5 Å². The van der Waals surface area contributed by atoms with Crippen molar-refractivity contribution in [1.82, 2.24) is 0 Å². The van der Waals surface area contributed by atoms with Crippen molar-refractivity contribution in [1.29, 1.82) is 0 Å². The van der Waals surface area contributed by atoms with E-state index in [0.29, 0.717) is 0 Å². The normalized spacial score (nSPS) is 19.0. The van der Waals surface area contributed by atoms with E-state index in [1.54, 1.807) is 0 Å². The van der Waals surface area contributed by atoms with Crippen LogP contribution in [0.25, 0.3) is 0 Å². The van der Waals surface area contributed by atoms with Gasteiger partial charge in [-0.1, -0.05) is 11.6 Å². The Kier molecular flexibility index (Phi) is 5.14. The van der Waals surface area contributed by atoms with Gasteiger partial charge in [-0.05, 0) is 18.2 Å². The molecular formula is C12H11Cl2F2NO4S. The Labute approximate surface area is 135 Å². The number of hydrogen-bond donors (Lipinski definition) is 0. The zero-order valence-electron chi connectivity index (χ0n) is 11.0. The SMILES string of the molecule is O=C1CC(CS(=O)(=O)Cl)CN1c1cc(Cl)ccc1OC(F)F. The summed E-state index contributed by atoms with van der Waals surface area (Å²) in [7, 11) is 1.42. The molecule has 22 heavy (non-hydrogen) atoms. The van der Waals surface area contributed by atoms with Gasteiger partial charge in [0.2, 0.25) is 15.0 Å². The quantitative estimate of drug-likeness (QED) is 0.744. The molecule has 2 rings (SSSR count). The maximum atomic E-state index is 12.4. The lowest BCUT2D eigenvalue weighted by atomic mass is 10.1. The number of amides is 1. The molecule has 1 aliphatic rings. The molecule has 1 unspecified atom stereocenters. The Morgan fingerprint density at radius 2 is 2.09 bits per heavy atom. The first-order valence-electron chi connectivity index (χ1n) is 6.13. The highest BCUT2D eigenvalue weighted by Crippen LogP contribution is 2.36. The molecule has 1 fully saturated rings. The number of hydrogen-bond acceptors (Lipinski definition) is 4. The fraction of sp³-hybridized carbons (Fsp3) is 0.417. The number of carbonyl (C=O) groups is 1. The van der Waals surface area contributed by atoms with Crippen molar-refractivity contribution >= 4 is 42.9 Å². The van der Waals surface area contributed by atoms with Gasteiger partial charge < -0.3 is 9.64 Å². The molecule has 5 nitrogen and oxygen atoms in total. The second-order valence-electron chi connectivity index (χ2n) is 4.77. The Hall–Kier alpha value is -1.12. The number of ether oxygens (including phenoxy) is 1. The summed E-state index contributed by atoms with van der Waals surface area (Å²) >= 11 is 5.82. The van der Waals surface area contributed by atoms with E-state index >= 15 is 0 Å². The predicted octanol–water partition coefficient (Wildman–Crippen LogP) is 2.86. The Morgan fingerprint density at radius 1 is 1.41 bits per heavy atom. The average molecular weight is 374 g/mol. The van der Waals surface area contributed by atoms with Crippen molar-refractivity contribution in [3.8, 4) is 5.75 Å². The van der Waals surface area contributed by atoms with E-state index in [-0.39, 0.29) is 35.2 Å². The Balaban J connectivity index is 2.27. The molecule has 1 saturated heterocycles. The molecule has 10 heteroatoms. The van der Waals surface area contributed by atoms with Crippen LogP contribution in [0.3, 0.4) is 0 Å². The molecule has 0 N–H and O–H groups in total. The topological polar surface area (TPSA) is 63.7 Å². The van der Waals surface area contributed by atoms with Gasteiger partial charge in [0.1, 0.15) is 5.75 Å². The second-order valence-corrected chi connectivity index (χ2v) is 8.03. The Morgan fingerprint density at radius 3 is 2.68 bits per heavy atom. The van der Waals surface area contributed by atoms with Gasteiger partial charge in [0.15, 0.2) is 0 Å². The molecule has 0 radical (unpaired) electrons. The largest absolute Gasteiger partial charge is 0.433 e. The van der Waals surface area contributed by atoms with Crippen LogP contribution in [0, 0.1) is 5.92 Å². The van der Waals surface area contributed by atoms with E-state index in [1.165, 1.54) is 23.1 Å². The van der Waals surface area contributed by atoms with Gasteiger partial charge in [-0.2, -0.15) is 8.78 Å². The smallest absolute Gasteiger partial charge is 0.387 e. The van der Waals surface area contributed by atoms with Crippen molar-refractivity contribution in [2.24, 2.45) is 5.92 Å². The van der Waals surface area contributed by atoms with Crippen LogP contribution in [0.1, 0.15) is 6.42 Å². The summed E-state index contributed by atoms with van der Waals surface area (Å²) in [5, 5.41) is 0.234. The third-order valence-corrected chi connectivity index (χ3v) is 4.55. The number of benzene rings is 1. The highest BCUT2D eigenvalue weighted by molar-refractivity contribution is 8.13. The molecule has 1 aromatic rings. The van der Waals surface area contributed by atoms with Gasteiger partial charge >= 0.3 is 6.61 Å². The fourth-order valence-electron chi connectivity index (χ4n) is 2.30. The lowest BCUT2D eigenvalue weighted by molar-refractivity contribution is -0.117. The molecule has 0 aliphatic carbocycles.